The predicted octanol–water partition coefficient (Wildman–Crippen LogP) is 4.52. The summed E-state index contributed by atoms with van der Waals surface area (Å²) in [5.74, 6) is 2.06. The summed E-state index contributed by atoms with van der Waals surface area (Å²) in [5, 5.41) is 3.83. The lowest BCUT2D eigenvalue weighted by Crippen LogP contribution is -2.12. The fraction of sp³-hybridized carbons (Fsp3) is 0.364. The molecule has 0 spiro atoms. The molecule has 0 heterocycles. The minimum atomic E-state index is -0.194. The van der Waals surface area contributed by atoms with Crippen molar-refractivity contribution < 1.29 is 14.3 Å². The maximum absolute atomic E-state index is 10.8. The molecule has 1 N–H and O–H groups in total. The normalized spacial score (nSPS) is 12.0. The zero-order valence-electron chi connectivity index (χ0n) is 16.3. The summed E-state index contributed by atoms with van der Waals surface area (Å²) in [4.78, 5) is 10.8. The highest BCUT2D eigenvalue weighted by atomic mass is 16.5. The van der Waals surface area contributed by atoms with E-state index in [0.29, 0.717) is 19.1 Å². The lowest BCUT2D eigenvalue weighted by molar-refractivity contribution is -0.118. The van der Waals surface area contributed by atoms with E-state index in [9.17, 15) is 4.79 Å². The topological polar surface area (TPSA) is 59.9 Å². The zero-order valence-corrected chi connectivity index (χ0v) is 16.3. The molecule has 5 nitrogen and oxygen atoms in total. The van der Waals surface area contributed by atoms with Crippen LogP contribution in [0.5, 0.6) is 11.5 Å². The third-order valence-electron chi connectivity index (χ3n) is 4.19. The third-order valence-corrected chi connectivity index (χ3v) is 4.19. The first-order chi connectivity index (χ1) is 13.1. The lowest BCUT2D eigenvalue weighted by atomic mass is 9.98. The number of para-hydroxylation sites is 1. The van der Waals surface area contributed by atoms with E-state index in [2.05, 4.69) is 36.5 Å². The van der Waals surface area contributed by atoms with Crippen molar-refractivity contribution in [2.75, 3.05) is 13.2 Å². The molecule has 0 saturated carbocycles. The van der Waals surface area contributed by atoms with Crippen LogP contribution in [-0.2, 0) is 4.79 Å². The van der Waals surface area contributed by atoms with E-state index in [-0.39, 0.29) is 5.91 Å². The van der Waals surface area contributed by atoms with Crippen LogP contribution in [0, 0.1) is 0 Å². The molecular formula is C22H28N2O3. The number of hydrogen-bond acceptors (Lipinski definition) is 4. The molecule has 1 amide bonds. The molecule has 0 aliphatic carbocycles. The van der Waals surface area contributed by atoms with Crippen molar-refractivity contribution in [2.45, 2.75) is 39.5 Å². The van der Waals surface area contributed by atoms with Crippen molar-refractivity contribution in [3.05, 3.63) is 59.7 Å². The van der Waals surface area contributed by atoms with Gasteiger partial charge in [0.05, 0.1) is 19.4 Å². The summed E-state index contributed by atoms with van der Waals surface area (Å²) < 4.78 is 11.7. The molecule has 0 radical (unpaired) electrons. The van der Waals surface area contributed by atoms with Crippen LogP contribution < -0.4 is 14.9 Å². The smallest absolute Gasteiger partial charge is 0.236 e. The quantitative estimate of drug-likeness (QED) is 0.381. The van der Waals surface area contributed by atoms with Gasteiger partial charge in [0.25, 0.3) is 0 Å². The number of nitrogens with zero attached hydrogens (tertiary/aromatic N) is 1. The summed E-state index contributed by atoms with van der Waals surface area (Å²) in [7, 11) is 0. The number of hydrogen-bond donors (Lipinski definition) is 1. The maximum Gasteiger partial charge on any atom is 0.236 e. The van der Waals surface area contributed by atoms with Gasteiger partial charge in [0.1, 0.15) is 11.5 Å². The van der Waals surface area contributed by atoms with Crippen LogP contribution in [0.1, 0.15) is 50.7 Å². The Hall–Kier alpha value is -2.82. The Kier molecular flexibility index (Phi) is 8.36. The van der Waals surface area contributed by atoms with E-state index < -0.39 is 0 Å². The summed E-state index contributed by atoms with van der Waals surface area (Å²) in [6.45, 7) is 7.03. The highest BCUT2D eigenvalue weighted by Gasteiger charge is 2.09. The van der Waals surface area contributed by atoms with Crippen LogP contribution in [0.4, 0.5) is 0 Å². The molecule has 2 aromatic carbocycles. The summed E-state index contributed by atoms with van der Waals surface area (Å²) in [6.07, 6.45) is 3.49. The lowest BCUT2D eigenvalue weighted by Gasteiger charge is -2.15. The van der Waals surface area contributed by atoms with E-state index in [1.54, 1.807) is 6.21 Å². The molecule has 2 aromatic rings. The van der Waals surface area contributed by atoms with Crippen LogP contribution in [0.25, 0.3) is 0 Å². The standard InChI is InChI=1S/C22H28N2O3/c1-4-17(2)21-8-5-6-9-22(21)27-15-7-14-26-20-12-10-19(11-13-20)16-23-24-18(3)25/h5-6,8-13,16-17H,4,7,14-15H2,1-3H3,(H,24,25). The van der Waals surface area contributed by atoms with E-state index in [4.69, 9.17) is 9.47 Å². The van der Waals surface area contributed by atoms with Crippen LogP contribution in [0.3, 0.4) is 0 Å². The molecule has 1 atom stereocenters. The predicted molar refractivity (Wildman–Crippen MR) is 109 cm³/mol. The van der Waals surface area contributed by atoms with E-state index in [0.717, 1.165) is 29.9 Å². The number of amides is 1. The molecule has 0 saturated heterocycles. The molecule has 144 valence electrons. The van der Waals surface area contributed by atoms with Gasteiger partial charge in [-0.25, -0.2) is 5.43 Å². The van der Waals surface area contributed by atoms with Crippen LogP contribution in [-0.4, -0.2) is 25.3 Å². The summed E-state index contributed by atoms with van der Waals surface area (Å²) in [6, 6.07) is 15.8. The molecule has 1 unspecified atom stereocenters. The molecule has 5 heteroatoms. The van der Waals surface area contributed by atoms with Crippen LogP contribution in [0.2, 0.25) is 0 Å². The Balaban J connectivity index is 1.73. The first-order valence-corrected chi connectivity index (χ1v) is 9.34. The number of rotatable bonds is 10. The Morgan fingerprint density at radius 1 is 1.11 bits per heavy atom. The van der Waals surface area contributed by atoms with Gasteiger partial charge in [0, 0.05) is 13.3 Å². The third kappa shape index (κ3) is 7.13. The van der Waals surface area contributed by atoms with Gasteiger partial charge in [0.2, 0.25) is 5.91 Å². The maximum atomic E-state index is 10.8. The van der Waals surface area contributed by atoms with Crippen molar-refractivity contribution in [1.82, 2.24) is 5.43 Å². The summed E-state index contributed by atoms with van der Waals surface area (Å²) in [5.41, 5.74) is 4.52. The first kappa shape index (κ1) is 20.5. The number of carbonyl (C=O) groups excluding carboxylic acids is 1. The van der Waals surface area contributed by atoms with Crippen molar-refractivity contribution in [2.24, 2.45) is 5.10 Å². The Morgan fingerprint density at radius 2 is 1.81 bits per heavy atom. The SMILES string of the molecule is CCC(C)c1ccccc1OCCCOc1ccc(C=NNC(C)=O)cc1. The van der Waals surface area contributed by atoms with Crippen molar-refractivity contribution in [1.29, 1.82) is 0 Å². The molecule has 0 fully saturated rings. The molecule has 0 aliphatic heterocycles. The van der Waals surface area contributed by atoms with Gasteiger partial charge >= 0.3 is 0 Å². The van der Waals surface area contributed by atoms with Crippen molar-refractivity contribution in [3.63, 3.8) is 0 Å². The number of carbonyl (C=O) groups is 1. The minimum Gasteiger partial charge on any atom is -0.493 e. The Bertz CT molecular complexity index is 741. The fourth-order valence-electron chi connectivity index (χ4n) is 2.52. The zero-order chi connectivity index (χ0) is 19.5. The van der Waals surface area contributed by atoms with Gasteiger partial charge in [0.15, 0.2) is 0 Å². The van der Waals surface area contributed by atoms with Gasteiger partial charge in [-0.3, -0.25) is 4.79 Å². The largest absolute Gasteiger partial charge is 0.493 e. The van der Waals surface area contributed by atoms with Gasteiger partial charge in [-0.2, -0.15) is 5.10 Å². The minimum absolute atomic E-state index is 0.194. The van der Waals surface area contributed by atoms with Gasteiger partial charge in [-0.15, -0.1) is 0 Å². The molecule has 27 heavy (non-hydrogen) atoms. The number of hydrazone groups is 1. The molecule has 2 rings (SSSR count). The Morgan fingerprint density at radius 3 is 2.52 bits per heavy atom. The highest BCUT2D eigenvalue weighted by molar-refractivity contribution is 5.81. The molecule has 0 bridgehead atoms. The van der Waals surface area contributed by atoms with E-state index in [1.807, 2.05) is 36.4 Å². The van der Waals surface area contributed by atoms with E-state index >= 15 is 0 Å². The van der Waals surface area contributed by atoms with Crippen LogP contribution >= 0.6 is 0 Å². The van der Waals surface area contributed by atoms with Crippen molar-refractivity contribution in [3.8, 4) is 11.5 Å². The second-order valence-corrected chi connectivity index (χ2v) is 6.39. The highest BCUT2D eigenvalue weighted by Crippen LogP contribution is 2.28. The Labute approximate surface area is 161 Å². The monoisotopic (exact) mass is 368 g/mol. The van der Waals surface area contributed by atoms with Gasteiger partial charge < -0.3 is 9.47 Å². The second kappa shape index (κ2) is 11.0. The average Bonchev–Trinajstić information content (AvgIpc) is 2.68. The number of ether oxygens (including phenoxy) is 2. The molecular weight excluding hydrogens is 340 g/mol. The van der Waals surface area contributed by atoms with Crippen LogP contribution in [0.15, 0.2) is 53.6 Å². The van der Waals surface area contributed by atoms with Gasteiger partial charge in [-0.1, -0.05) is 32.0 Å². The fourth-order valence-corrected chi connectivity index (χ4v) is 2.52. The second-order valence-electron chi connectivity index (χ2n) is 6.39. The first-order valence-electron chi connectivity index (χ1n) is 9.34. The van der Waals surface area contributed by atoms with Gasteiger partial charge in [-0.05, 0) is 53.8 Å². The molecule has 0 aliphatic rings. The van der Waals surface area contributed by atoms with Crippen molar-refractivity contribution >= 4 is 12.1 Å². The number of benzene rings is 2. The number of nitrogens with one attached hydrogen (secondary N) is 1. The van der Waals surface area contributed by atoms with E-state index in [1.165, 1.54) is 12.5 Å². The summed E-state index contributed by atoms with van der Waals surface area (Å²) >= 11 is 0. The average molecular weight is 368 g/mol. The molecule has 0 aromatic heterocycles.